The molecule has 1 aliphatic rings. The van der Waals surface area contributed by atoms with Gasteiger partial charge in [-0.3, -0.25) is 4.79 Å². The second-order valence-electron chi connectivity index (χ2n) is 5.16. The summed E-state index contributed by atoms with van der Waals surface area (Å²) in [6, 6.07) is 0. The van der Waals surface area contributed by atoms with Crippen molar-refractivity contribution in [2.24, 2.45) is 0 Å². The summed E-state index contributed by atoms with van der Waals surface area (Å²) in [4.78, 5) is 12.3. The third kappa shape index (κ3) is 2.57. The van der Waals surface area contributed by atoms with Crippen LogP contribution in [0.3, 0.4) is 0 Å². The van der Waals surface area contributed by atoms with Crippen molar-refractivity contribution >= 4 is 5.91 Å². The van der Waals surface area contributed by atoms with Gasteiger partial charge in [0.2, 0.25) is 5.91 Å². The SMILES string of the molecule is CCC(CC)(CC)NC(=O)C1(C)CCCN1. The van der Waals surface area contributed by atoms with Crippen LogP contribution in [0.5, 0.6) is 0 Å². The van der Waals surface area contributed by atoms with Crippen molar-refractivity contribution in [3.05, 3.63) is 0 Å². The van der Waals surface area contributed by atoms with Gasteiger partial charge >= 0.3 is 0 Å². The van der Waals surface area contributed by atoms with E-state index in [2.05, 4.69) is 31.4 Å². The van der Waals surface area contributed by atoms with E-state index in [9.17, 15) is 4.79 Å². The van der Waals surface area contributed by atoms with Crippen LogP contribution < -0.4 is 10.6 Å². The van der Waals surface area contributed by atoms with Crippen molar-refractivity contribution in [2.75, 3.05) is 6.54 Å². The molecule has 0 aliphatic carbocycles. The number of carbonyl (C=O) groups is 1. The molecular weight excluding hydrogens is 200 g/mol. The highest BCUT2D eigenvalue weighted by Crippen LogP contribution is 2.24. The maximum Gasteiger partial charge on any atom is 0.240 e. The normalized spacial score (nSPS) is 25.8. The first-order valence-corrected chi connectivity index (χ1v) is 6.59. The van der Waals surface area contributed by atoms with Crippen molar-refractivity contribution in [1.82, 2.24) is 10.6 Å². The molecule has 1 amide bonds. The maximum atomic E-state index is 12.3. The molecule has 3 nitrogen and oxygen atoms in total. The highest BCUT2D eigenvalue weighted by Gasteiger charge is 2.39. The van der Waals surface area contributed by atoms with Gasteiger partial charge in [0.15, 0.2) is 0 Å². The summed E-state index contributed by atoms with van der Waals surface area (Å²) in [5.74, 6) is 0.176. The van der Waals surface area contributed by atoms with E-state index in [1.54, 1.807) is 0 Å². The average Bonchev–Trinajstić information content (AvgIpc) is 2.74. The number of nitrogens with one attached hydrogen (secondary N) is 2. The highest BCUT2D eigenvalue weighted by atomic mass is 16.2. The van der Waals surface area contributed by atoms with E-state index >= 15 is 0 Å². The molecule has 2 N–H and O–H groups in total. The zero-order chi connectivity index (χ0) is 12.2. The Bertz CT molecular complexity index is 232. The summed E-state index contributed by atoms with van der Waals surface area (Å²) >= 11 is 0. The standard InChI is InChI=1S/C13H26N2O/c1-5-13(6-2,7-3)15-11(16)12(4)9-8-10-14-12/h14H,5-10H2,1-4H3,(H,15,16). The first-order chi connectivity index (χ1) is 7.52. The topological polar surface area (TPSA) is 41.1 Å². The van der Waals surface area contributed by atoms with E-state index in [-0.39, 0.29) is 17.0 Å². The Morgan fingerprint density at radius 3 is 2.25 bits per heavy atom. The molecule has 0 aromatic heterocycles. The Kier molecular flexibility index (Phi) is 4.36. The van der Waals surface area contributed by atoms with Crippen molar-refractivity contribution in [3.63, 3.8) is 0 Å². The average molecular weight is 226 g/mol. The zero-order valence-corrected chi connectivity index (χ0v) is 11.2. The monoisotopic (exact) mass is 226 g/mol. The molecule has 3 heteroatoms. The molecule has 16 heavy (non-hydrogen) atoms. The van der Waals surface area contributed by atoms with Gasteiger partial charge in [0.1, 0.15) is 0 Å². The fourth-order valence-electron chi connectivity index (χ4n) is 2.48. The molecule has 94 valence electrons. The highest BCUT2D eigenvalue weighted by molar-refractivity contribution is 5.86. The van der Waals surface area contributed by atoms with Crippen LogP contribution in [0.25, 0.3) is 0 Å². The van der Waals surface area contributed by atoms with Gasteiger partial charge in [-0.15, -0.1) is 0 Å². The summed E-state index contributed by atoms with van der Waals surface area (Å²) in [7, 11) is 0. The molecule has 1 heterocycles. The van der Waals surface area contributed by atoms with E-state index < -0.39 is 0 Å². The van der Waals surface area contributed by atoms with Gasteiger partial charge in [-0.05, 0) is 45.6 Å². The lowest BCUT2D eigenvalue weighted by Gasteiger charge is -2.35. The van der Waals surface area contributed by atoms with Crippen LogP contribution in [-0.4, -0.2) is 23.5 Å². The molecule has 0 saturated carbocycles. The van der Waals surface area contributed by atoms with Gasteiger partial charge in [-0.25, -0.2) is 0 Å². The van der Waals surface area contributed by atoms with Gasteiger partial charge in [-0.1, -0.05) is 20.8 Å². The molecule has 1 saturated heterocycles. The lowest BCUT2D eigenvalue weighted by Crippen LogP contribution is -2.58. The summed E-state index contributed by atoms with van der Waals surface area (Å²) in [5, 5.41) is 6.58. The lowest BCUT2D eigenvalue weighted by atomic mass is 9.88. The van der Waals surface area contributed by atoms with Gasteiger partial charge in [0.05, 0.1) is 5.54 Å². The van der Waals surface area contributed by atoms with Crippen LogP contribution in [-0.2, 0) is 4.79 Å². The predicted molar refractivity (Wildman–Crippen MR) is 67.4 cm³/mol. The number of rotatable bonds is 5. The minimum Gasteiger partial charge on any atom is -0.349 e. The third-order valence-corrected chi connectivity index (χ3v) is 4.28. The summed E-state index contributed by atoms with van der Waals surface area (Å²) in [6.07, 6.45) is 5.05. The first kappa shape index (κ1) is 13.5. The molecule has 1 fully saturated rings. The van der Waals surface area contributed by atoms with Crippen molar-refractivity contribution in [1.29, 1.82) is 0 Å². The second-order valence-corrected chi connectivity index (χ2v) is 5.16. The largest absolute Gasteiger partial charge is 0.349 e. The Morgan fingerprint density at radius 2 is 1.88 bits per heavy atom. The summed E-state index contributed by atoms with van der Waals surface area (Å²) in [6.45, 7) is 9.43. The number of hydrogen-bond donors (Lipinski definition) is 2. The molecule has 1 rings (SSSR count). The molecule has 1 unspecified atom stereocenters. The molecule has 0 aromatic carbocycles. The summed E-state index contributed by atoms with van der Waals surface area (Å²) < 4.78 is 0. The van der Waals surface area contributed by atoms with Crippen LogP contribution >= 0.6 is 0 Å². The van der Waals surface area contributed by atoms with E-state index in [1.807, 2.05) is 6.92 Å². The van der Waals surface area contributed by atoms with E-state index in [0.717, 1.165) is 38.6 Å². The second kappa shape index (κ2) is 5.17. The first-order valence-electron chi connectivity index (χ1n) is 6.59. The summed E-state index contributed by atoms with van der Waals surface area (Å²) in [5.41, 5.74) is -0.352. The zero-order valence-electron chi connectivity index (χ0n) is 11.2. The number of amides is 1. The van der Waals surface area contributed by atoms with Crippen molar-refractivity contribution in [3.8, 4) is 0 Å². The van der Waals surface area contributed by atoms with Gasteiger partial charge in [-0.2, -0.15) is 0 Å². The van der Waals surface area contributed by atoms with Gasteiger partial charge in [0, 0.05) is 5.54 Å². The smallest absolute Gasteiger partial charge is 0.240 e. The van der Waals surface area contributed by atoms with Crippen molar-refractivity contribution in [2.45, 2.75) is 70.9 Å². The molecule has 1 aliphatic heterocycles. The van der Waals surface area contributed by atoms with Gasteiger partial charge < -0.3 is 10.6 Å². The van der Waals surface area contributed by atoms with E-state index in [0.29, 0.717) is 0 Å². The maximum absolute atomic E-state index is 12.3. The molecular formula is C13H26N2O. The molecule has 0 spiro atoms. The minimum absolute atomic E-state index is 0.00956. The van der Waals surface area contributed by atoms with Crippen LogP contribution in [0.15, 0.2) is 0 Å². The van der Waals surface area contributed by atoms with Crippen LogP contribution in [0, 0.1) is 0 Å². The molecule has 0 radical (unpaired) electrons. The lowest BCUT2D eigenvalue weighted by molar-refractivity contribution is -0.128. The van der Waals surface area contributed by atoms with E-state index in [1.165, 1.54) is 0 Å². The Balaban J connectivity index is 2.68. The molecule has 1 atom stereocenters. The molecule has 0 aromatic rings. The number of hydrogen-bond acceptors (Lipinski definition) is 2. The van der Waals surface area contributed by atoms with Crippen molar-refractivity contribution < 1.29 is 4.79 Å². The fraction of sp³-hybridized carbons (Fsp3) is 0.923. The van der Waals surface area contributed by atoms with E-state index in [4.69, 9.17) is 0 Å². The Hall–Kier alpha value is -0.570. The Morgan fingerprint density at radius 1 is 1.31 bits per heavy atom. The minimum atomic E-state index is -0.342. The van der Waals surface area contributed by atoms with Crippen LogP contribution in [0.4, 0.5) is 0 Å². The van der Waals surface area contributed by atoms with Crippen LogP contribution in [0.1, 0.15) is 59.8 Å². The van der Waals surface area contributed by atoms with Crippen LogP contribution in [0.2, 0.25) is 0 Å². The molecule has 0 bridgehead atoms. The predicted octanol–water partition coefficient (Wildman–Crippen LogP) is 2.21. The number of carbonyl (C=O) groups excluding carboxylic acids is 1. The van der Waals surface area contributed by atoms with Gasteiger partial charge in [0.25, 0.3) is 0 Å². The fourth-order valence-corrected chi connectivity index (χ4v) is 2.48. The third-order valence-electron chi connectivity index (χ3n) is 4.28. The Labute approximate surface area is 99.4 Å². The quantitative estimate of drug-likeness (QED) is 0.754.